The fourth-order valence-electron chi connectivity index (χ4n) is 15.3. The predicted octanol–water partition coefficient (Wildman–Crippen LogP) is 32.4. The zero-order chi connectivity index (χ0) is 89.9. The number of unbranched alkanes of at least 4 members (excludes halogenated alkanes) is 54. The van der Waals surface area contributed by atoms with Gasteiger partial charge in [0.25, 0.3) is 0 Å². The molecule has 0 aliphatic heterocycles. The van der Waals surface area contributed by atoms with Gasteiger partial charge in [0, 0.05) is 39.3 Å². The number of carbonyl (C=O) groups excluding carboxylic acids is 2. The molecule has 0 rings (SSSR count). The second-order valence-corrected chi connectivity index (χ2v) is 44.9. The number of hydrogen-bond acceptors (Lipinski definition) is 12. The van der Waals surface area contributed by atoms with Crippen LogP contribution in [0.4, 0.5) is 0 Å². The van der Waals surface area contributed by atoms with Crippen LogP contribution in [0.1, 0.15) is 479 Å². The summed E-state index contributed by atoms with van der Waals surface area (Å²) in [5, 5.41) is 0. The maximum atomic E-state index is 13.4. The third-order valence-corrected chi connectivity index (χ3v) is 26.9. The number of carbonyl (C=O) groups is 2. The van der Waals surface area contributed by atoms with E-state index in [0.29, 0.717) is 65.6 Å². The molecule has 0 aromatic heterocycles. The van der Waals surface area contributed by atoms with Gasteiger partial charge in [-0.3, -0.25) is 19.4 Å². The molecule has 2 atom stereocenters. The fourth-order valence-corrected chi connectivity index (χ4v) is 18.3. The van der Waals surface area contributed by atoms with Crippen LogP contribution in [0.3, 0.4) is 0 Å². The highest BCUT2D eigenvalue weighted by Crippen LogP contribution is 2.31. The first-order chi connectivity index (χ1) is 59.1. The molecule has 0 N–H and O–H groups in total. The van der Waals surface area contributed by atoms with E-state index in [1.165, 1.54) is 308 Å². The van der Waals surface area contributed by atoms with Crippen molar-refractivity contribution >= 4 is 29.1 Å². The summed E-state index contributed by atoms with van der Waals surface area (Å²) in [7, 11) is -0.834. The summed E-state index contributed by atoms with van der Waals surface area (Å²) in [5.41, 5.74) is -1.43. The minimum atomic E-state index is -2.49. The fraction of sp³-hybridized carbons (Fsp3) is 0.870. The van der Waals surface area contributed by atoms with Crippen molar-refractivity contribution in [2.75, 3.05) is 79.9 Å². The minimum absolute atomic E-state index is 0.164. The third kappa shape index (κ3) is 89.1. The zero-order valence-corrected chi connectivity index (χ0v) is 85.6. The molecule has 716 valence electrons. The molecule has 0 aromatic rings. The lowest BCUT2D eigenvalue weighted by molar-refractivity contribution is -0.165. The first-order valence-electron chi connectivity index (χ1n) is 52.2. The molecule has 0 bridgehead atoms. The van der Waals surface area contributed by atoms with Gasteiger partial charge >= 0.3 is 29.1 Å². The minimum Gasteiger partial charge on any atom is -0.465 e. The molecule has 0 fully saturated rings. The van der Waals surface area contributed by atoms with Gasteiger partial charge in [-0.15, -0.1) is 12.8 Å². The monoisotopic (exact) mass is 1750 g/mol. The van der Waals surface area contributed by atoms with Crippen molar-refractivity contribution in [1.82, 2.24) is 9.80 Å². The Morgan fingerprint density at radius 1 is 0.295 bits per heavy atom. The smallest absolute Gasteiger partial charge is 0.333 e. The Hall–Kier alpha value is -2.87. The summed E-state index contributed by atoms with van der Waals surface area (Å²) in [5.74, 6) is 5.09. The molecule has 0 saturated heterocycles. The van der Waals surface area contributed by atoms with Crippen molar-refractivity contribution in [3.8, 4) is 24.7 Å². The summed E-state index contributed by atoms with van der Waals surface area (Å²) in [6, 6.07) is 0. The van der Waals surface area contributed by atoms with Crippen LogP contribution in [0.5, 0.6) is 0 Å². The van der Waals surface area contributed by atoms with Crippen LogP contribution in [-0.4, -0.2) is 131 Å². The number of nitrogens with zero attached hydrogens (tertiary/aromatic N) is 2. The first-order valence-corrected chi connectivity index (χ1v) is 57.8. The van der Waals surface area contributed by atoms with Gasteiger partial charge in [0.05, 0.1) is 37.1 Å². The molecule has 0 heterocycles. The molecule has 0 spiro atoms. The van der Waals surface area contributed by atoms with Crippen molar-refractivity contribution in [3.63, 3.8) is 0 Å². The maximum Gasteiger partial charge on any atom is 0.333 e. The predicted molar refractivity (Wildman–Crippen MR) is 535 cm³/mol. The summed E-state index contributed by atoms with van der Waals surface area (Å²) in [6.07, 6.45) is 110. The molecule has 122 heavy (non-hydrogen) atoms. The molecule has 0 amide bonds. The number of terminal acetylenes is 2. The van der Waals surface area contributed by atoms with Crippen LogP contribution in [0.25, 0.3) is 0 Å². The molecule has 14 heteroatoms. The van der Waals surface area contributed by atoms with Gasteiger partial charge in [-0.05, 0) is 235 Å². The Bertz CT molecular complexity index is 2270. The lowest BCUT2D eigenvalue weighted by Crippen LogP contribution is -2.43. The van der Waals surface area contributed by atoms with E-state index < -0.39 is 40.5 Å². The number of rotatable bonds is 94. The van der Waals surface area contributed by atoms with E-state index in [1.807, 2.05) is 27.7 Å². The molecule has 0 aliphatic rings. The van der Waals surface area contributed by atoms with Crippen LogP contribution in [0, 0.1) is 35.5 Å². The number of hydrogen-bond donors (Lipinski definition) is 0. The molecular weight excluding hydrogens is 1540 g/mol. The second kappa shape index (κ2) is 91.4. The Morgan fingerprint density at radius 2 is 0.492 bits per heavy atom. The van der Waals surface area contributed by atoms with Gasteiger partial charge in [-0.2, -0.15) is 0 Å². The van der Waals surface area contributed by atoms with Gasteiger partial charge in [-0.1, -0.05) is 345 Å². The van der Waals surface area contributed by atoms with Gasteiger partial charge in [0.1, 0.15) is 0 Å². The number of esters is 2. The van der Waals surface area contributed by atoms with E-state index in [-0.39, 0.29) is 11.9 Å². The van der Waals surface area contributed by atoms with Crippen LogP contribution in [0.15, 0.2) is 48.6 Å². The van der Waals surface area contributed by atoms with Crippen LogP contribution < -0.4 is 0 Å². The van der Waals surface area contributed by atoms with Crippen LogP contribution >= 0.6 is 0 Å². The van der Waals surface area contributed by atoms with Gasteiger partial charge in [-0.25, -0.2) is 0 Å². The van der Waals surface area contributed by atoms with E-state index >= 15 is 0 Å². The van der Waals surface area contributed by atoms with Crippen LogP contribution in [-0.2, 0) is 46.2 Å². The molecule has 12 nitrogen and oxygen atoms in total. The average Bonchev–Trinajstić information content (AvgIpc) is 0.854. The Balaban J connectivity index is 0. The highest BCUT2D eigenvalue weighted by atomic mass is 28.4. The Morgan fingerprint density at radius 3 is 0.721 bits per heavy atom. The lowest BCUT2D eigenvalue weighted by Gasteiger charge is -2.33. The first kappa shape index (κ1) is 121. The molecule has 0 saturated carbocycles. The normalized spacial score (nSPS) is 12.9. The molecular formula is C108H206N2O10Si2. The van der Waals surface area contributed by atoms with Crippen LogP contribution in [0.2, 0.25) is 26.2 Å². The quantitative estimate of drug-likeness (QED) is 0.0144. The van der Waals surface area contributed by atoms with E-state index in [0.717, 1.165) is 116 Å². The SMILES string of the molecule is C#CCN(C)CCCCCCO[Si](C)(C)OC(CC(C)(C)C(=O)OCCCCCCCC/C=C\CCCCCCCC)OCCCCCCCC/C=C\CCCCCCCC.C#CCN(C)CCCCCCO[Si](C)(C)OC(CC(C)(C)C(=O)OCCCCCCCC/C=C\CCCCCCCC)OCCCCCCCC/C=C\CCCCCCCC. The highest BCUT2D eigenvalue weighted by molar-refractivity contribution is 6.64. The van der Waals surface area contributed by atoms with E-state index in [9.17, 15) is 9.59 Å². The largest absolute Gasteiger partial charge is 0.465 e. The summed E-state index contributed by atoms with van der Waals surface area (Å²) < 4.78 is 50.5. The number of allylic oxidation sites excluding steroid dienone is 8. The van der Waals surface area contributed by atoms with E-state index in [1.54, 1.807) is 0 Å². The van der Waals surface area contributed by atoms with E-state index in [2.05, 4.69) is 138 Å². The summed E-state index contributed by atoms with van der Waals surface area (Å²) >= 11 is 0. The summed E-state index contributed by atoms with van der Waals surface area (Å²) in [4.78, 5) is 31.1. The molecule has 0 aromatic carbocycles. The number of ether oxygens (including phenoxy) is 4. The topological polar surface area (TPSA) is 114 Å². The van der Waals surface area contributed by atoms with Gasteiger partial charge < -0.3 is 36.7 Å². The van der Waals surface area contributed by atoms with Crippen molar-refractivity contribution in [2.24, 2.45) is 10.8 Å². The van der Waals surface area contributed by atoms with Gasteiger partial charge in [0.2, 0.25) is 0 Å². The maximum absolute atomic E-state index is 13.4. The van der Waals surface area contributed by atoms with Crippen molar-refractivity contribution in [1.29, 1.82) is 0 Å². The molecule has 0 radical (unpaired) electrons. The van der Waals surface area contributed by atoms with Crippen molar-refractivity contribution in [2.45, 2.75) is 518 Å². The molecule has 0 aliphatic carbocycles. The van der Waals surface area contributed by atoms with Crippen molar-refractivity contribution < 1.29 is 46.2 Å². The standard InChI is InChI=1S/2C54H103NO5Si/c2*1-9-12-14-16-18-20-22-24-26-28-30-32-34-36-39-43-48-57-52(60-61(7,8)59-50-45-41-38-42-47-55(6)46-11-3)51-54(4,5)53(56)58-49-44-40-37-35-33-31-29-27-25-23-21-19-17-15-13-10-2/h2*3,24-27,52H,9-10,12-23,28-51H2,1-2,4-8H3/b2*26-24-,27-25-. The average molecular weight is 1750 g/mol. The lowest BCUT2D eigenvalue weighted by atomic mass is 9.89. The van der Waals surface area contributed by atoms with Gasteiger partial charge in [0.15, 0.2) is 12.6 Å². The zero-order valence-electron chi connectivity index (χ0n) is 83.6. The summed E-state index contributed by atoms with van der Waals surface area (Å²) in [6.45, 7) is 32.4. The Kier molecular flexibility index (Phi) is 90.8. The van der Waals surface area contributed by atoms with E-state index in [4.69, 9.17) is 49.5 Å². The van der Waals surface area contributed by atoms with Crippen molar-refractivity contribution in [3.05, 3.63) is 48.6 Å². The highest BCUT2D eigenvalue weighted by Gasteiger charge is 2.39. The Labute approximate surface area is 762 Å². The third-order valence-electron chi connectivity index (χ3n) is 23.5. The molecule has 2 unspecified atom stereocenters. The second-order valence-electron chi connectivity index (χ2n) is 38.2.